The Labute approximate surface area is 114 Å². The molecule has 110 valence electrons. The summed E-state index contributed by atoms with van der Waals surface area (Å²) in [4.78, 5) is 24.6. The van der Waals surface area contributed by atoms with Gasteiger partial charge in [-0.1, -0.05) is 0 Å². The minimum atomic E-state index is -0.503. The van der Waals surface area contributed by atoms with Crippen LogP contribution in [-0.4, -0.2) is 55.5 Å². The number of amides is 1. The van der Waals surface area contributed by atoms with Gasteiger partial charge in [0.25, 0.3) is 0 Å². The molecule has 0 saturated carbocycles. The smallest absolute Gasteiger partial charge is 0.410 e. The highest BCUT2D eigenvalue weighted by Gasteiger charge is 2.28. The summed E-state index contributed by atoms with van der Waals surface area (Å²) in [6, 6.07) is 0. The molecule has 19 heavy (non-hydrogen) atoms. The maximum Gasteiger partial charge on any atom is 0.410 e. The molecule has 6 nitrogen and oxygen atoms in total. The number of carbonyl (C=O) groups excluding carboxylic acids is 2. The van der Waals surface area contributed by atoms with E-state index in [1.807, 2.05) is 20.8 Å². The van der Waals surface area contributed by atoms with Crippen molar-refractivity contribution in [3.63, 3.8) is 0 Å². The Kier molecular flexibility index (Phi) is 5.60. The standard InChI is InChI=1S/C13H23NO5/c1-13(2,3)19-12(16)14-7-8-18-10(9-14)5-6-11(15)17-4/h10H,5-9H2,1-4H3/t10-/m0/s1. The van der Waals surface area contributed by atoms with Crippen LogP contribution in [0.25, 0.3) is 0 Å². The van der Waals surface area contributed by atoms with Crippen molar-refractivity contribution in [2.45, 2.75) is 45.3 Å². The average Bonchev–Trinajstić information content (AvgIpc) is 2.34. The zero-order valence-corrected chi connectivity index (χ0v) is 12.1. The third-order valence-electron chi connectivity index (χ3n) is 2.69. The number of esters is 1. The molecule has 1 saturated heterocycles. The van der Waals surface area contributed by atoms with Gasteiger partial charge in [-0.15, -0.1) is 0 Å². The zero-order chi connectivity index (χ0) is 14.5. The van der Waals surface area contributed by atoms with Crippen molar-refractivity contribution in [2.24, 2.45) is 0 Å². The van der Waals surface area contributed by atoms with Gasteiger partial charge in [-0.2, -0.15) is 0 Å². The summed E-state index contributed by atoms with van der Waals surface area (Å²) in [6.45, 7) is 6.93. The lowest BCUT2D eigenvalue weighted by atomic mass is 10.1. The molecule has 1 aliphatic rings. The van der Waals surface area contributed by atoms with Crippen LogP contribution in [0.15, 0.2) is 0 Å². The minimum Gasteiger partial charge on any atom is -0.469 e. The lowest BCUT2D eigenvalue weighted by Crippen LogP contribution is -2.47. The molecule has 0 aromatic carbocycles. The monoisotopic (exact) mass is 273 g/mol. The van der Waals surface area contributed by atoms with Crippen LogP contribution in [0.5, 0.6) is 0 Å². The molecule has 0 bridgehead atoms. The molecule has 0 unspecified atom stereocenters. The molecule has 1 aliphatic heterocycles. The summed E-state index contributed by atoms with van der Waals surface area (Å²) in [7, 11) is 1.36. The van der Waals surface area contributed by atoms with Crippen molar-refractivity contribution in [1.29, 1.82) is 0 Å². The van der Waals surface area contributed by atoms with Gasteiger partial charge in [0.15, 0.2) is 0 Å². The molecule has 0 spiro atoms. The summed E-state index contributed by atoms with van der Waals surface area (Å²) < 4.78 is 15.4. The van der Waals surface area contributed by atoms with Gasteiger partial charge in [0, 0.05) is 13.0 Å². The van der Waals surface area contributed by atoms with E-state index in [2.05, 4.69) is 4.74 Å². The molecule has 1 heterocycles. The van der Waals surface area contributed by atoms with E-state index in [9.17, 15) is 9.59 Å². The van der Waals surface area contributed by atoms with Crippen LogP contribution >= 0.6 is 0 Å². The van der Waals surface area contributed by atoms with Crippen LogP contribution in [0.3, 0.4) is 0 Å². The summed E-state index contributed by atoms with van der Waals surface area (Å²) in [5.41, 5.74) is -0.503. The molecule has 0 aliphatic carbocycles. The van der Waals surface area contributed by atoms with Crippen LogP contribution < -0.4 is 0 Å². The largest absolute Gasteiger partial charge is 0.469 e. The molecule has 1 rings (SSSR count). The Hall–Kier alpha value is -1.30. The van der Waals surface area contributed by atoms with Crippen LogP contribution in [0, 0.1) is 0 Å². The molecule has 1 atom stereocenters. The highest BCUT2D eigenvalue weighted by molar-refractivity contribution is 5.69. The van der Waals surface area contributed by atoms with E-state index in [4.69, 9.17) is 9.47 Å². The quantitative estimate of drug-likeness (QED) is 0.730. The van der Waals surface area contributed by atoms with Crippen molar-refractivity contribution in [2.75, 3.05) is 26.8 Å². The fourth-order valence-corrected chi connectivity index (χ4v) is 1.77. The molecule has 0 aromatic heterocycles. The topological polar surface area (TPSA) is 65.1 Å². The van der Waals surface area contributed by atoms with Crippen LogP contribution in [0.4, 0.5) is 4.79 Å². The number of nitrogens with zero attached hydrogens (tertiary/aromatic N) is 1. The SMILES string of the molecule is COC(=O)CC[C@H]1CN(C(=O)OC(C)(C)C)CCO1. The van der Waals surface area contributed by atoms with E-state index >= 15 is 0 Å². The van der Waals surface area contributed by atoms with Crippen molar-refractivity contribution < 1.29 is 23.8 Å². The summed E-state index contributed by atoms with van der Waals surface area (Å²) in [5, 5.41) is 0. The molecule has 6 heteroatoms. The van der Waals surface area contributed by atoms with Gasteiger partial charge in [0.1, 0.15) is 5.60 Å². The Balaban J connectivity index is 2.41. The first-order valence-electron chi connectivity index (χ1n) is 6.48. The molecular weight excluding hydrogens is 250 g/mol. The molecule has 0 radical (unpaired) electrons. The minimum absolute atomic E-state index is 0.139. The second-order valence-corrected chi connectivity index (χ2v) is 5.53. The van der Waals surface area contributed by atoms with Gasteiger partial charge in [-0.05, 0) is 27.2 Å². The predicted octanol–water partition coefficient (Wildman–Crippen LogP) is 1.58. The molecular formula is C13H23NO5. The Morgan fingerprint density at radius 3 is 2.63 bits per heavy atom. The van der Waals surface area contributed by atoms with Crippen molar-refractivity contribution in [3.05, 3.63) is 0 Å². The molecule has 0 N–H and O–H groups in total. The first-order valence-corrected chi connectivity index (χ1v) is 6.48. The van der Waals surface area contributed by atoms with Gasteiger partial charge in [0.05, 0.1) is 26.4 Å². The van der Waals surface area contributed by atoms with E-state index < -0.39 is 5.60 Å². The highest BCUT2D eigenvalue weighted by Crippen LogP contribution is 2.15. The van der Waals surface area contributed by atoms with E-state index in [-0.39, 0.29) is 18.2 Å². The van der Waals surface area contributed by atoms with Gasteiger partial charge in [-0.25, -0.2) is 4.79 Å². The lowest BCUT2D eigenvalue weighted by molar-refractivity contribution is -0.141. The third-order valence-corrected chi connectivity index (χ3v) is 2.69. The third kappa shape index (κ3) is 5.92. The van der Waals surface area contributed by atoms with Gasteiger partial charge in [0.2, 0.25) is 0 Å². The number of morpholine rings is 1. The number of hydrogen-bond acceptors (Lipinski definition) is 5. The zero-order valence-electron chi connectivity index (χ0n) is 12.1. The van der Waals surface area contributed by atoms with Crippen molar-refractivity contribution in [3.8, 4) is 0 Å². The van der Waals surface area contributed by atoms with Gasteiger partial charge < -0.3 is 19.1 Å². The van der Waals surface area contributed by atoms with Crippen molar-refractivity contribution in [1.82, 2.24) is 4.90 Å². The van der Waals surface area contributed by atoms with E-state index in [1.165, 1.54) is 7.11 Å². The normalized spacial score (nSPS) is 20.0. The van der Waals surface area contributed by atoms with Crippen LogP contribution in [-0.2, 0) is 19.0 Å². The van der Waals surface area contributed by atoms with Crippen LogP contribution in [0.2, 0.25) is 0 Å². The fraction of sp³-hybridized carbons (Fsp3) is 0.846. The molecule has 1 fully saturated rings. The first-order chi connectivity index (χ1) is 8.81. The number of ether oxygens (including phenoxy) is 3. The maximum atomic E-state index is 11.9. The second kappa shape index (κ2) is 6.75. The van der Waals surface area contributed by atoms with Gasteiger partial charge in [-0.3, -0.25) is 4.79 Å². The average molecular weight is 273 g/mol. The number of methoxy groups -OCH3 is 1. The second-order valence-electron chi connectivity index (χ2n) is 5.53. The lowest BCUT2D eigenvalue weighted by Gasteiger charge is -2.34. The van der Waals surface area contributed by atoms with E-state index in [0.29, 0.717) is 32.5 Å². The van der Waals surface area contributed by atoms with Crippen LogP contribution in [0.1, 0.15) is 33.6 Å². The molecule has 0 aromatic rings. The number of carbonyl (C=O) groups is 2. The number of rotatable bonds is 3. The van der Waals surface area contributed by atoms with E-state index in [0.717, 1.165) is 0 Å². The summed E-state index contributed by atoms with van der Waals surface area (Å²) in [5.74, 6) is -0.266. The van der Waals surface area contributed by atoms with Gasteiger partial charge >= 0.3 is 12.1 Å². The van der Waals surface area contributed by atoms with Crippen molar-refractivity contribution >= 4 is 12.1 Å². The Bertz CT molecular complexity index is 323. The maximum absolute atomic E-state index is 11.9. The van der Waals surface area contributed by atoms with E-state index in [1.54, 1.807) is 4.90 Å². The first kappa shape index (κ1) is 15.8. The Morgan fingerprint density at radius 1 is 1.37 bits per heavy atom. The Morgan fingerprint density at radius 2 is 2.05 bits per heavy atom. The highest BCUT2D eigenvalue weighted by atomic mass is 16.6. The molecule has 1 amide bonds. The number of hydrogen-bond donors (Lipinski definition) is 0. The fourth-order valence-electron chi connectivity index (χ4n) is 1.77. The summed E-state index contributed by atoms with van der Waals surface area (Å²) >= 11 is 0. The predicted molar refractivity (Wildman–Crippen MR) is 68.8 cm³/mol. The summed E-state index contributed by atoms with van der Waals surface area (Å²) in [6.07, 6.45) is 0.370.